The summed E-state index contributed by atoms with van der Waals surface area (Å²) in [6.45, 7) is 3.78. The molecule has 1 unspecified atom stereocenters. The predicted octanol–water partition coefficient (Wildman–Crippen LogP) is 3.34. The molecule has 0 saturated carbocycles. The molecule has 0 fully saturated rings. The van der Waals surface area contributed by atoms with Gasteiger partial charge in [0.1, 0.15) is 5.15 Å². The molecule has 2 rings (SSSR count). The van der Waals surface area contributed by atoms with Crippen molar-refractivity contribution in [2.75, 3.05) is 18.8 Å². The summed E-state index contributed by atoms with van der Waals surface area (Å²) < 4.78 is 14.0. The zero-order chi connectivity index (χ0) is 18.9. The molecular weight excluding hydrogens is 391 g/mol. The van der Waals surface area contributed by atoms with E-state index in [0.29, 0.717) is 40.7 Å². The number of guanidine groups is 1. The highest BCUT2D eigenvalue weighted by Gasteiger charge is 2.09. The van der Waals surface area contributed by atoms with E-state index in [1.807, 2.05) is 54.9 Å². The van der Waals surface area contributed by atoms with Crippen LogP contribution in [0.25, 0.3) is 0 Å². The van der Waals surface area contributed by atoms with E-state index in [4.69, 9.17) is 23.2 Å². The Morgan fingerprint density at radius 3 is 2.58 bits per heavy atom. The Hall–Kier alpha value is -1.50. The Morgan fingerprint density at radius 1 is 1.23 bits per heavy atom. The van der Waals surface area contributed by atoms with Crippen molar-refractivity contribution in [3.8, 4) is 0 Å². The third-order valence-electron chi connectivity index (χ3n) is 3.75. The van der Waals surface area contributed by atoms with Crippen LogP contribution in [0.15, 0.2) is 41.4 Å². The average molecular weight is 415 g/mol. The summed E-state index contributed by atoms with van der Waals surface area (Å²) >= 11 is 12.1. The van der Waals surface area contributed by atoms with Gasteiger partial charge in [-0.15, -0.1) is 0 Å². The summed E-state index contributed by atoms with van der Waals surface area (Å²) in [7, 11) is 0.934. The number of halogens is 2. The molecule has 0 aliphatic heterocycles. The zero-order valence-electron chi connectivity index (χ0n) is 15.0. The minimum Gasteiger partial charge on any atom is -0.357 e. The molecule has 26 heavy (non-hydrogen) atoms. The maximum atomic E-state index is 12.2. The van der Waals surface area contributed by atoms with Crippen LogP contribution in [0.5, 0.6) is 0 Å². The van der Waals surface area contributed by atoms with Crippen molar-refractivity contribution in [1.82, 2.24) is 15.2 Å². The second-order valence-electron chi connectivity index (χ2n) is 5.73. The van der Waals surface area contributed by atoms with E-state index in [0.717, 1.165) is 17.8 Å². The van der Waals surface area contributed by atoms with E-state index in [1.165, 1.54) is 0 Å². The monoisotopic (exact) mass is 414 g/mol. The summed E-state index contributed by atoms with van der Waals surface area (Å²) in [5.74, 6) is 1.80. The number of aromatic nitrogens is 1. The van der Waals surface area contributed by atoms with Crippen LogP contribution in [-0.2, 0) is 30.1 Å². The van der Waals surface area contributed by atoms with E-state index in [2.05, 4.69) is 15.6 Å². The summed E-state index contributed by atoms with van der Waals surface area (Å²) in [6.07, 6.45) is 0. The molecular formula is C18H24Cl2N4OS. The Morgan fingerprint density at radius 2 is 1.96 bits per heavy atom. The molecule has 142 valence electrons. The maximum absolute atomic E-state index is 12.2. The number of nitrogens with zero attached hydrogens (tertiary/aromatic N) is 2. The molecule has 8 heteroatoms. The molecule has 1 atom stereocenters. The van der Waals surface area contributed by atoms with E-state index in [9.17, 15) is 4.21 Å². The normalized spacial score (nSPS) is 12.8. The highest BCUT2D eigenvalue weighted by molar-refractivity contribution is 7.84. The van der Waals surface area contributed by atoms with Crippen molar-refractivity contribution in [1.29, 1.82) is 0 Å². The van der Waals surface area contributed by atoms with Gasteiger partial charge < -0.3 is 15.2 Å². The summed E-state index contributed by atoms with van der Waals surface area (Å²) in [4.78, 5) is 4.54. The van der Waals surface area contributed by atoms with Crippen molar-refractivity contribution in [3.63, 3.8) is 0 Å². The molecule has 1 heterocycles. The largest absolute Gasteiger partial charge is 0.357 e. The van der Waals surface area contributed by atoms with Crippen molar-refractivity contribution >= 4 is 40.0 Å². The van der Waals surface area contributed by atoms with Crippen LogP contribution < -0.4 is 10.6 Å². The van der Waals surface area contributed by atoms with Crippen molar-refractivity contribution in [2.45, 2.75) is 19.2 Å². The van der Waals surface area contributed by atoms with Gasteiger partial charge in [0.2, 0.25) is 0 Å². The molecule has 1 aromatic heterocycles. The first-order chi connectivity index (χ1) is 12.5. The van der Waals surface area contributed by atoms with Crippen LogP contribution in [0.4, 0.5) is 0 Å². The minimum atomic E-state index is -0.919. The maximum Gasteiger partial charge on any atom is 0.191 e. The minimum absolute atomic E-state index is 0.450. The van der Waals surface area contributed by atoms with Gasteiger partial charge in [0.15, 0.2) is 5.96 Å². The summed E-state index contributed by atoms with van der Waals surface area (Å²) in [5.41, 5.74) is 2.01. The number of nitrogens with one attached hydrogen (secondary N) is 2. The van der Waals surface area contributed by atoms with Crippen LogP contribution in [0.2, 0.25) is 10.2 Å². The Balaban J connectivity index is 1.85. The Bertz CT molecular complexity index is 762. The molecule has 5 nitrogen and oxygen atoms in total. The fourth-order valence-corrected chi connectivity index (χ4v) is 3.81. The SMILES string of the molecule is CCNC(=NCc1cc(Cl)c(Cl)n1C)NCCS(=O)Cc1ccccc1. The highest BCUT2D eigenvalue weighted by atomic mass is 35.5. The second kappa shape index (κ2) is 10.6. The molecule has 1 aromatic carbocycles. The van der Waals surface area contributed by atoms with Crippen LogP contribution in [0.3, 0.4) is 0 Å². The van der Waals surface area contributed by atoms with E-state index >= 15 is 0 Å². The molecule has 0 radical (unpaired) electrons. The van der Waals surface area contributed by atoms with Crippen molar-refractivity contribution < 1.29 is 4.21 Å². The molecule has 2 aromatic rings. The van der Waals surface area contributed by atoms with E-state index in [-0.39, 0.29) is 0 Å². The second-order valence-corrected chi connectivity index (χ2v) is 8.07. The molecule has 0 bridgehead atoms. The van der Waals surface area contributed by atoms with Crippen LogP contribution >= 0.6 is 23.2 Å². The molecule has 0 aliphatic rings. The van der Waals surface area contributed by atoms with Crippen molar-refractivity contribution in [2.24, 2.45) is 12.0 Å². The topological polar surface area (TPSA) is 58.4 Å². The number of rotatable bonds is 8. The van der Waals surface area contributed by atoms with Gasteiger partial charge in [0, 0.05) is 48.1 Å². The lowest BCUT2D eigenvalue weighted by molar-refractivity contribution is 0.680. The van der Waals surface area contributed by atoms with Gasteiger partial charge in [-0.25, -0.2) is 4.99 Å². The Kier molecular flexibility index (Phi) is 8.48. The summed E-state index contributed by atoms with van der Waals surface area (Å²) in [6, 6.07) is 11.7. The van der Waals surface area contributed by atoms with Gasteiger partial charge >= 0.3 is 0 Å². The number of hydrogen-bond acceptors (Lipinski definition) is 2. The number of aliphatic imine (C=N–C) groups is 1. The molecule has 0 spiro atoms. The summed E-state index contributed by atoms with van der Waals surface area (Å²) in [5, 5.41) is 7.43. The fraction of sp³-hybridized carbons (Fsp3) is 0.389. The van der Waals surface area contributed by atoms with Crippen LogP contribution in [0, 0.1) is 0 Å². The van der Waals surface area contributed by atoms with Crippen LogP contribution in [-0.4, -0.2) is 33.6 Å². The number of hydrogen-bond donors (Lipinski definition) is 2. The first-order valence-corrected chi connectivity index (χ1v) is 10.7. The van der Waals surface area contributed by atoms with Gasteiger partial charge in [-0.2, -0.15) is 0 Å². The van der Waals surface area contributed by atoms with Gasteiger partial charge in [-0.1, -0.05) is 53.5 Å². The zero-order valence-corrected chi connectivity index (χ0v) is 17.3. The van der Waals surface area contributed by atoms with Gasteiger partial charge in [-0.05, 0) is 18.6 Å². The van der Waals surface area contributed by atoms with Gasteiger partial charge in [0.25, 0.3) is 0 Å². The first kappa shape index (κ1) is 20.8. The highest BCUT2D eigenvalue weighted by Crippen LogP contribution is 2.25. The fourth-order valence-electron chi connectivity index (χ4n) is 2.36. The molecule has 0 saturated heterocycles. The molecule has 2 N–H and O–H groups in total. The quantitative estimate of drug-likeness (QED) is 0.514. The third-order valence-corrected chi connectivity index (χ3v) is 5.91. The lowest BCUT2D eigenvalue weighted by Crippen LogP contribution is -2.39. The molecule has 0 amide bonds. The lowest BCUT2D eigenvalue weighted by atomic mass is 10.2. The third kappa shape index (κ3) is 6.34. The lowest BCUT2D eigenvalue weighted by Gasteiger charge is -2.11. The van der Waals surface area contributed by atoms with E-state index in [1.54, 1.807) is 0 Å². The van der Waals surface area contributed by atoms with E-state index < -0.39 is 10.8 Å². The molecule has 0 aliphatic carbocycles. The smallest absolute Gasteiger partial charge is 0.191 e. The predicted molar refractivity (Wildman–Crippen MR) is 111 cm³/mol. The Labute approximate surface area is 167 Å². The standard InChI is InChI=1S/C18H24Cl2N4OS/c1-3-21-18(23-12-15-11-16(19)17(20)24(15)2)22-9-10-26(25)13-14-7-5-4-6-8-14/h4-8,11H,3,9-10,12-13H2,1-2H3,(H2,21,22,23). The average Bonchev–Trinajstić information content (AvgIpc) is 2.87. The van der Waals surface area contributed by atoms with Crippen molar-refractivity contribution in [3.05, 3.63) is 57.8 Å². The first-order valence-electron chi connectivity index (χ1n) is 8.42. The number of benzene rings is 1. The van der Waals surface area contributed by atoms with Crippen LogP contribution in [0.1, 0.15) is 18.2 Å². The van der Waals surface area contributed by atoms with Gasteiger partial charge in [-0.3, -0.25) is 4.21 Å². The van der Waals surface area contributed by atoms with Gasteiger partial charge in [0.05, 0.1) is 11.6 Å².